The van der Waals surface area contributed by atoms with Gasteiger partial charge in [-0.25, -0.2) is 4.39 Å². The first kappa shape index (κ1) is 15.6. The van der Waals surface area contributed by atoms with Crippen molar-refractivity contribution >= 4 is 11.8 Å². The first-order chi connectivity index (χ1) is 9.30. The zero-order valence-corrected chi connectivity index (χ0v) is 11.6. The lowest BCUT2D eigenvalue weighted by atomic mass is 10.0. The Labute approximate surface area is 118 Å². The number of nitrogens with zero attached hydrogens (tertiary/aromatic N) is 1. The Kier molecular flexibility index (Phi) is 4.61. The lowest BCUT2D eigenvalue weighted by Crippen LogP contribution is -2.43. The Bertz CT molecular complexity index is 480. The summed E-state index contributed by atoms with van der Waals surface area (Å²) in [6.07, 6.45) is -5.71. The van der Waals surface area contributed by atoms with Crippen LogP contribution >= 0.6 is 11.8 Å². The van der Waals surface area contributed by atoms with Gasteiger partial charge in [0, 0.05) is 24.1 Å². The van der Waals surface area contributed by atoms with Crippen LogP contribution in [0.25, 0.3) is 0 Å². The SMILES string of the molecule is CN1CCSCC1C(O)c1ccc(C(F)(F)F)c(F)c1. The fourth-order valence-corrected chi connectivity index (χ4v) is 3.47. The normalized spacial score (nSPS) is 22.8. The van der Waals surface area contributed by atoms with Crippen LogP contribution < -0.4 is 0 Å². The number of aliphatic hydroxyl groups excluding tert-OH is 1. The van der Waals surface area contributed by atoms with Crippen molar-refractivity contribution in [2.75, 3.05) is 25.1 Å². The van der Waals surface area contributed by atoms with Crippen molar-refractivity contribution in [2.24, 2.45) is 0 Å². The molecule has 1 aliphatic rings. The van der Waals surface area contributed by atoms with Crippen LogP contribution in [0.1, 0.15) is 17.2 Å². The van der Waals surface area contributed by atoms with E-state index in [1.54, 1.807) is 11.8 Å². The quantitative estimate of drug-likeness (QED) is 0.850. The molecular formula is C13H15F4NOS. The first-order valence-corrected chi connectivity index (χ1v) is 7.29. The molecule has 1 aromatic rings. The van der Waals surface area contributed by atoms with E-state index in [0.717, 1.165) is 24.4 Å². The fraction of sp³-hybridized carbons (Fsp3) is 0.538. The monoisotopic (exact) mass is 309 g/mol. The number of likely N-dealkylation sites (N-methyl/N-ethyl adjacent to an activating group) is 1. The lowest BCUT2D eigenvalue weighted by molar-refractivity contribution is -0.140. The van der Waals surface area contributed by atoms with Crippen molar-refractivity contribution in [1.82, 2.24) is 4.90 Å². The smallest absolute Gasteiger partial charge is 0.387 e. The van der Waals surface area contributed by atoms with E-state index >= 15 is 0 Å². The van der Waals surface area contributed by atoms with Crippen LogP contribution in [0.2, 0.25) is 0 Å². The molecular weight excluding hydrogens is 294 g/mol. The summed E-state index contributed by atoms with van der Waals surface area (Å²) in [4.78, 5) is 1.94. The molecule has 2 unspecified atom stereocenters. The predicted molar refractivity (Wildman–Crippen MR) is 70.1 cm³/mol. The van der Waals surface area contributed by atoms with E-state index in [0.29, 0.717) is 11.8 Å². The average Bonchev–Trinajstić information content (AvgIpc) is 2.37. The highest BCUT2D eigenvalue weighted by Crippen LogP contribution is 2.34. The lowest BCUT2D eigenvalue weighted by Gasteiger charge is -2.35. The molecule has 2 atom stereocenters. The molecule has 1 N–H and O–H groups in total. The molecule has 1 heterocycles. The van der Waals surface area contributed by atoms with Crippen molar-refractivity contribution in [3.8, 4) is 0 Å². The molecule has 112 valence electrons. The summed E-state index contributed by atoms with van der Waals surface area (Å²) < 4.78 is 51.0. The van der Waals surface area contributed by atoms with Gasteiger partial charge in [0.05, 0.1) is 11.7 Å². The highest BCUT2D eigenvalue weighted by molar-refractivity contribution is 7.99. The Balaban J connectivity index is 2.23. The number of aliphatic hydroxyl groups is 1. The van der Waals surface area contributed by atoms with Gasteiger partial charge in [-0.15, -0.1) is 0 Å². The summed E-state index contributed by atoms with van der Waals surface area (Å²) in [7, 11) is 1.84. The number of alkyl halides is 3. The van der Waals surface area contributed by atoms with Crippen molar-refractivity contribution in [3.05, 3.63) is 35.1 Å². The summed E-state index contributed by atoms with van der Waals surface area (Å²) in [5, 5.41) is 10.2. The summed E-state index contributed by atoms with van der Waals surface area (Å²) in [6, 6.07) is 2.39. The Morgan fingerprint density at radius 1 is 1.40 bits per heavy atom. The molecule has 1 aromatic carbocycles. The van der Waals surface area contributed by atoms with Gasteiger partial charge in [-0.05, 0) is 24.7 Å². The first-order valence-electron chi connectivity index (χ1n) is 6.13. The van der Waals surface area contributed by atoms with Crippen LogP contribution in [0.5, 0.6) is 0 Å². The summed E-state index contributed by atoms with van der Waals surface area (Å²) in [5.41, 5.74) is -1.13. The van der Waals surface area contributed by atoms with E-state index in [2.05, 4.69) is 0 Å². The number of benzene rings is 1. The zero-order chi connectivity index (χ0) is 14.9. The van der Waals surface area contributed by atoms with E-state index in [1.807, 2.05) is 11.9 Å². The van der Waals surface area contributed by atoms with Gasteiger partial charge in [-0.2, -0.15) is 24.9 Å². The summed E-state index contributed by atoms with van der Waals surface area (Å²) in [6.45, 7) is 0.787. The third-order valence-electron chi connectivity index (χ3n) is 3.45. The van der Waals surface area contributed by atoms with Crippen LogP contribution in [-0.4, -0.2) is 41.1 Å². The predicted octanol–water partition coefficient (Wildman–Crippen LogP) is 2.93. The minimum Gasteiger partial charge on any atom is -0.387 e. The maximum absolute atomic E-state index is 13.5. The van der Waals surface area contributed by atoms with Gasteiger partial charge >= 0.3 is 6.18 Å². The van der Waals surface area contributed by atoms with E-state index in [9.17, 15) is 22.7 Å². The number of hydrogen-bond acceptors (Lipinski definition) is 3. The summed E-state index contributed by atoms with van der Waals surface area (Å²) >= 11 is 1.67. The van der Waals surface area contributed by atoms with Gasteiger partial charge < -0.3 is 5.11 Å². The molecule has 20 heavy (non-hydrogen) atoms. The van der Waals surface area contributed by atoms with Crippen LogP contribution in [0.4, 0.5) is 17.6 Å². The molecule has 0 spiro atoms. The van der Waals surface area contributed by atoms with Crippen LogP contribution in [-0.2, 0) is 6.18 Å². The van der Waals surface area contributed by atoms with Crippen molar-refractivity contribution in [2.45, 2.75) is 18.3 Å². The highest BCUT2D eigenvalue weighted by Gasteiger charge is 2.35. The molecule has 1 aliphatic heterocycles. The molecule has 0 aromatic heterocycles. The second kappa shape index (κ2) is 5.91. The standard InChI is InChI=1S/C13H15F4NOS/c1-18-4-5-20-7-11(18)12(19)8-2-3-9(10(14)6-8)13(15,16)17/h2-3,6,11-12,19H,4-5,7H2,1H3. The zero-order valence-electron chi connectivity index (χ0n) is 10.8. The Morgan fingerprint density at radius 3 is 2.65 bits per heavy atom. The van der Waals surface area contributed by atoms with Gasteiger partial charge in [0.1, 0.15) is 5.82 Å². The second-order valence-corrected chi connectivity index (χ2v) is 5.95. The minimum atomic E-state index is -4.72. The fourth-order valence-electron chi connectivity index (χ4n) is 2.21. The molecule has 0 amide bonds. The molecule has 0 radical (unpaired) electrons. The minimum absolute atomic E-state index is 0.176. The number of rotatable bonds is 2. The van der Waals surface area contributed by atoms with Gasteiger partial charge in [-0.3, -0.25) is 4.90 Å². The summed E-state index contributed by atoms with van der Waals surface area (Å²) in [5.74, 6) is 0.265. The molecule has 0 aliphatic carbocycles. The van der Waals surface area contributed by atoms with Crippen LogP contribution in [0, 0.1) is 5.82 Å². The van der Waals surface area contributed by atoms with Crippen molar-refractivity contribution in [3.63, 3.8) is 0 Å². The van der Waals surface area contributed by atoms with Gasteiger partial charge in [0.2, 0.25) is 0 Å². The molecule has 1 saturated heterocycles. The van der Waals surface area contributed by atoms with Crippen molar-refractivity contribution < 1.29 is 22.7 Å². The van der Waals surface area contributed by atoms with Gasteiger partial charge in [0.15, 0.2) is 0 Å². The largest absolute Gasteiger partial charge is 0.419 e. The Morgan fingerprint density at radius 2 is 2.10 bits per heavy atom. The molecule has 0 bridgehead atoms. The van der Waals surface area contributed by atoms with E-state index < -0.39 is 23.7 Å². The van der Waals surface area contributed by atoms with Gasteiger partial charge in [0.25, 0.3) is 0 Å². The molecule has 2 nitrogen and oxygen atoms in total. The van der Waals surface area contributed by atoms with Crippen LogP contribution in [0.15, 0.2) is 18.2 Å². The Hall–Kier alpha value is -0.790. The number of halogens is 4. The van der Waals surface area contributed by atoms with E-state index in [-0.39, 0.29) is 11.6 Å². The third-order valence-corrected chi connectivity index (χ3v) is 4.50. The molecule has 1 fully saturated rings. The highest BCUT2D eigenvalue weighted by atomic mass is 32.2. The van der Waals surface area contributed by atoms with Crippen molar-refractivity contribution in [1.29, 1.82) is 0 Å². The van der Waals surface area contributed by atoms with E-state index in [4.69, 9.17) is 0 Å². The molecule has 0 saturated carbocycles. The second-order valence-electron chi connectivity index (χ2n) is 4.80. The maximum Gasteiger partial charge on any atom is 0.419 e. The van der Waals surface area contributed by atoms with Gasteiger partial charge in [-0.1, -0.05) is 6.07 Å². The topological polar surface area (TPSA) is 23.5 Å². The van der Waals surface area contributed by atoms with E-state index in [1.165, 1.54) is 0 Å². The maximum atomic E-state index is 13.5. The number of hydrogen-bond donors (Lipinski definition) is 1. The molecule has 7 heteroatoms. The van der Waals surface area contributed by atoms with Crippen LogP contribution in [0.3, 0.4) is 0 Å². The number of thioether (sulfide) groups is 1. The third kappa shape index (κ3) is 3.27. The molecule has 2 rings (SSSR count). The average molecular weight is 309 g/mol.